The van der Waals surface area contributed by atoms with Gasteiger partial charge in [0.15, 0.2) is 0 Å². The molecule has 94 valence electrons. The number of rotatable bonds is 6. The summed E-state index contributed by atoms with van der Waals surface area (Å²) in [6.45, 7) is 8.59. The molecule has 0 bridgehead atoms. The molecular weight excluding hydrogens is 200 g/mol. The Kier molecular flexibility index (Phi) is 5.26. The lowest BCUT2D eigenvalue weighted by Gasteiger charge is -2.29. The highest BCUT2D eigenvalue weighted by Crippen LogP contribution is 2.21. The molecule has 0 radical (unpaired) electrons. The molecule has 0 aromatic rings. The van der Waals surface area contributed by atoms with Gasteiger partial charge in [-0.05, 0) is 26.2 Å². The van der Waals surface area contributed by atoms with E-state index in [0.29, 0.717) is 11.9 Å². The van der Waals surface area contributed by atoms with E-state index in [1.165, 1.54) is 0 Å². The molecule has 0 aromatic carbocycles. The zero-order chi connectivity index (χ0) is 12.1. The average molecular weight is 226 g/mol. The van der Waals surface area contributed by atoms with Crippen LogP contribution in [-0.2, 0) is 4.79 Å². The van der Waals surface area contributed by atoms with Crippen LogP contribution in [0.3, 0.4) is 0 Å². The van der Waals surface area contributed by atoms with E-state index in [-0.39, 0.29) is 12.2 Å². The van der Waals surface area contributed by atoms with E-state index in [4.69, 9.17) is 0 Å². The van der Waals surface area contributed by atoms with Crippen molar-refractivity contribution in [2.24, 2.45) is 0 Å². The first-order valence-electron chi connectivity index (χ1n) is 6.73. The Balaban J connectivity index is 2.62. The summed E-state index contributed by atoms with van der Waals surface area (Å²) < 4.78 is 0. The van der Waals surface area contributed by atoms with Gasteiger partial charge in [0.25, 0.3) is 0 Å². The summed E-state index contributed by atoms with van der Waals surface area (Å²) in [4.78, 5) is 14.3. The molecule has 2 atom stereocenters. The third-order valence-electron chi connectivity index (χ3n) is 3.59. The van der Waals surface area contributed by atoms with Crippen molar-refractivity contribution in [1.82, 2.24) is 10.2 Å². The zero-order valence-electron chi connectivity index (χ0n) is 11.1. The molecule has 1 amide bonds. The molecule has 16 heavy (non-hydrogen) atoms. The van der Waals surface area contributed by atoms with E-state index >= 15 is 0 Å². The van der Waals surface area contributed by atoms with E-state index in [2.05, 4.69) is 37.9 Å². The Morgan fingerprint density at radius 2 is 1.94 bits per heavy atom. The van der Waals surface area contributed by atoms with Crippen molar-refractivity contribution in [2.75, 3.05) is 0 Å². The fraction of sp³-hybridized carbons (Fsp3) is 0.923. The predicted molar refractivity (Wildman–Crippen MR) is 67.1 cm³/mol. The summed E-state index contributed by atoms with van der Waals surface area (Å²) in [6.07, 6.45) is 5.58. The van der Waals surface area contributed by atoms with Gasteiger partial charge in [-0.3, -0.25) is 10.1 Å². The number of hydrogen-bond donors (Lipinski definition) is 1. The molecular formula is C13H26N2O. The Morgan fingerprint density at radius 1 is 1.31 bits per heavy atom. The molecule has 1 aliphatic heterocycles. The van der Waals surface area contributed by atoms with Crippen LogP contribution in [0.1, 0.15) is 59.8 Å². The van der Waals surface area contributed by atoms with E-state index in [0.717, 1.165) is 32.1 Å². The summed E-state index contributed by atoms with van der Waals surface area (Å²) in [5.74, 6) is 0.314. The van der Waals surface area contributed by atoms with E-state index in [9.17, 15) is 4.79 Å². The third-order valence-corrected chi connectivity index (χ3v) is 3.59. The fourth-order valence-corrected chi connectivity index (χ4v) is 2.61. The van der Waals surface area contributed by atoms with Crippen molar-refractivity contribution in [1.29, 1.82) is 0 Å². The number of carbonyl (C=O) groups excluding carboxylic acids is 1. The van der Waals surface area contributed by atoms with E-state index < -0.39 is 0 Å². The maximum atomic E-state index is 12.2. The molecule has 1 aliphatic rings. The quantitative estimate of drug-likeness (QED) is 0.754. The van der Waals surface area contributed by atoms with Crippen LogP contribution >= 0.6 is 0 Å². The first-order valence-corrected chi connectivity index (χ1v) is 6.73. The van der Waals surface area contributed by atoms with Crippen LogP contribution in [0.5, 0.6) is 0 Å². The predicted octanol–water partition coefficient (Wildman–Crippen LogP) is 2.51. The molecule has 1 fully saturated rings. The number of hydrogen-bond acceptors (Lipinski definition) is 2. The number of amides is 1. The normalized spacial score (nSPS) is 25.8. The Labute approximate surface area is 99.6 Å². The summed E-state index contributed by atoms with van der Waals surface area (Å²) in [7, 11) is 0. The monoisotopic (exact) mass is 226 g/mol. The lowest BCUT2D eigenvalue weighted by molar-refractivity contribution is -0.132. The Bertz CT molecular complexity index is 226. The van der Waals surface area contributed by atoms with Gasteiger partial charge in [0.1, 0.15) is 0 Å². The van der Waals surface area contributed by atoms with Gasteiger partial charge in [-0.2, -0.15) is 0 Å². The van der Waals surface area contributed by atoms with Crippen molar-refractivity contribution in [3.63, 3.8) is 0 Å². The average Bonchev–Trinajstić information content (AvgIpc) is 2.55. The summed E-state index contributed by atoms with van der Waals surface area (Å²) >= 11 is 0. The lowest BCUT2D eigenvalue weighted by Crippen LogP contribution is -2.42. The van der Waals surface area contributed by atoms with Crippen LogP contribution in [0.4, 0.5) is 0 Å². The van der Waals surface area contributed by atoms with Crippen molar-refractivity contribution < 1.29 is 4.79 Å². The molecule has 0 aliphatic carbocycles. The molecule has 1 rings (SSSR count). The van der Waals surface area contributed by atoms with Crippen LogP contribution in [-0.4, -0.2) is 29.1 Å². The van der Waals surface area contributed by atoms with E-state index in [1.807, 2.05) is 0 Å². The molecule has 2 unspecified atom stereocenters. The van der Waals surface area contributed by atoms with Crippen LogP contribution in [0.2, 0.25) is 0 Å². The number of carbonyl (C=O) groups is 1. The van der Waals surface area contributed by atoms with Gasteiger partial charge in [-0.15, -0.1) is 0 Å². The highest BCUT2D eigenvalue weighted by Gasteiger charge is 2.38. The Morgan fingerprint density at radius 3 is 2.44 bits per heavy atom. The third kappa shape index (κ3) is 2.76. The number of nitrogens with one attached hydrogen (secondary N) is 1. The van der Waals surface area contributed by atoms with Gasteiger partial charge >= 0.3 is 0 Å². The standard InChI is InChI=1S/C13H26N2O/c1-5-8-9-12-13(16)15(10(4)14-12)11(6-2)7-3/h10-12,14H,5-9H2,1-4H3. The van der Waals surface area contributed by atoms with Crippen LogP contribution in [0.25, 0.3) is 0 Å². The largest absolute Gasteiger partial charge is 0.323 e. The van der Waals surface area contributed by atoms with Crippen LogP contribution in [0, 0.1) is 0 Å². The topological polar surface area (TPSA) is 32.3 Å². The molecule has 3 nitrogen and oxygen atoms in total. The minimum Gasteiger partial charge on any atom is -0.323 e. The van der Waals surface area contributed by atoms with Gasteiger partial charge < -0.3 is 4.90 Å². The molecule has 0 saturated carbocycles. The van der Waals surface area contributed by atoms with Crippen molar-refractivity contribution >= 4 is 5.91 Å². The van der Waals surface area contributed by atoms with Crippen LogP contribution in [0.15, 0.2) is 0 Å². The Hall–Kier alpha value is -0.570. The second-order valence-corrected chi connectivity index (χ2v) is 4.75. The first-order chi connectivity index (χ1) is 7.65. The first kappa shape index (κ1) is 13.5. The van der Waals surface area contributed by atoms with Gasteiger partial charge in [0.05, 0.1) is 12.2 Å². The summed E-state index contributed by atoms with van der Waals surface area (Å²) in [5.41, 5.74) is 0. The maximum Gasteiger partial charge on any atom is 0.241 e. The number of unbranched alkanes of at least 4 members (excludes halogenated alkanes) is 1. The zero-order valence-corrected chi connectivity index (χ0v) is 11.1. The fourth-order valence-electron chi connectivity index (χ4n) is 2.61. The van der Waals surface area contributed by atoms with E-state index in [1.54, 1.807) is 0 Å². The highest BCUT2D eigenvalue weighted by molar-refractivity contribution is 5.84. The highest BCUT2D eigenvalue weighted by atomic mass is 16.2. The second-order valence-electron chi connectivity index (χ2n) is 4.75. The molecule has 0 aromatic heterocycles. The molecule has 3 heteroatoms. The van der Waals surface area contributed by atoms with Crippen molar-refractivity contribution in [2.45, 2.75) is 78.0 Å². The minimum absolute atomic E-state index is 0.0653. The van der Waals surface area contributed by atoms with Crippen LogP contribution < -0.4 is 5.32 Å². The van der Waals surface area contributed by atoms with Gasteiger partial charge in [-0.25, -0.2) is 0 Å². The molecule has 0 spiro atoms. The van der Waals surface area contributed by atoms with Crippen molar-refractivity contribution in [3.05, 3.63) is 0 Å². The molecule has 1 N–H and O–H groups in total. The second kappa shape index (κ2) is 6.24. The SMILES string of the molecule is CCCCC1NC(C)N(C(CC)CC)C1=O. The number of nitrogens with zero attached hydrogens (tertiary/aromatic N) is 1. The van der Waals surface area contributed by atoms with Gasteiger partial charge in [0, 0.05) is 6.04 Å². The van der Waals surface area contributed by atoms with Gasteiger partial charge in [-0.1, -0.05) is 33.6 Å². The van der Waals surface area contributed by atoms with Crippen molar-refractivity contribution in [3.8, 4) is 0 Å². The minimum atomic E-state index is 0.0653. The summed E-state index contributed by atoms with van der Waals surface area (Å²) in [6, 6.07) is 0.470. The molecule has 1 heterocycles. The van der Waals surface area contributed by atoms with Gasteiger partial charge in [0.2, 0.25) is 5.91 Å². The lowest BCUT2D eigenvalue weighted by atomic mass is 10.1. The molecule has 1 saturated heterocycles. The maximum absolute atomic E-state index is 12.2. The smallest absolute Gasteiger partial charge is 0.241 e. The summed E-state index contributed by atoms with van der Waals surface area (Å²) in [5, 5.41) is 3.41.